The van der Waals surface area contributed by atoms with Gasteiger partial charge in [0.2, 0.25) is 5.91 Å². The van der Waals surface area contributed by atoms with Crippen LogP contribution < -0.4 is 5.32 Å². The molecule has 0 aliphatic carbocycles. The molecule has 162 valence electrons. The highest BCUT2D eigenvalue weighted by Crippen LogP contribution is 2.34. The Morgan fingerprint density at radius 1 is 1.12 bits per heavy atom. The number of pyridine rings is 2. The second-order valence-electron chi connectivity index (χ2n) is 8.34. The number of aromatic amines is 2. The molecule has 1 aromatic carbocycles. The van der Waals surface area contributed by atoms with Crippen LogP contribution in [0.3, 0.4) is 0 Å². The predicted molar refractivity (Wildman–Crippen MR) is 129 cm³/mol. The van der Waals surface area contributed by atoms with E-state index < -0.39 is 0 Å². The van der Waals surface area contributed by atoms with E-state index in [2.05, 4.69) is 35.3 Å². The molecule has 5 aromatic rings. The van der Waals surface area contributed by atoms with Crippen LogP contribution >= 0.6 is 0 Å². The Balaban J connectivity index is 1.53. The third-order valence-electron chi connectivity index (χ3n) is 5.39. The Labute approximate surface area is 189 Å². The van der Waals surface area contributed by atoms with Gasteiger partial charge in [0.1, 0.15) is 0 Å². The van der Waals surface area contributed by atoms with Crippen LogP contribution in [0.15, 0.2) is 55.0 Å². The van der Waals surface area contributed by atoms with E-state index in [4.69, 9.17) is 6.57 Å². The fourth-order valence-electron chi connectivity index (χ4n) is 3.88. The molecule has 0 saturated carbocycles. The number of amides is 1. The van der Waals surface area contributed by atoms with Crippen LogP contribution in [0.4, 0.5) is 11.4 Å². The number of nitrogens with zero attached hydrogens (tertiary/aromatic N) is 4. The molecule has 0 saturated heterocycles. The topological polar surface area (TPSA) is 104 Å². The molecule has 0 aliphatic heterocycles. The molecule has 33 heavy (non-hydrogen) atoms. The lowest BCUT2D eigenvalue weighted by Gasteiger charge is -2.08. The van der Waals surface area contributed by atoms with Gasteiger partial charge in [-0.25, -0.2) is 9.83 Å². The summed E-state index contributed by atoms with van der Waals surface area (Å²) in [4.78, 5) is 27.9. The molecule has 0 bridgehead atoms. The normalized spacial score (nSPS) is 11.2. The minimum Gasteiger partial charge on any atom is -0.354 e. The maximum Gasteiger partial charge on any atom is 0.224 e. The first-order chi connectivity index (χ1) is 16.0. The summed E-state index contributed by atoms with van der Waals surface area (Å²) in [6, 6.07) is 11.4. The summed E-state index contributed by atoms with van der Waals surface area (Å²) in [7, 11) is 0. The first-order valence-electron chi connectivity index (χ1n) is 10.6. The van der Waals surface area contributed by atoms with Crippen LogP contribution in [-0.2, 0) is 4.79 Å². The molecule has 0 spiro atoms. The summed E-state index contributed by atoms with van der Waals surface area (Å²) in [6.45, 7) is 11.4. The molecule has 0 atom stereocenters. The molecule has 3 N–H and O–H groups in total. The van der Waals surface area contributed by atoms with Crippen molar-refractivity contribution in [3.63, 3.8) is 0 Å². The van der Waals surface area contributed by atoms with Crippen molar-refractivity contribution in [2.45, 2.75) is 20.3 Å². The molecule has 0 fully saturated rings. The number of hydrogen-bond acceptors (Lipinski definition) is 4. The van der Waals surface area contributed by atoms with Crippen molar-refractivity contribution in [2.75, 3.05) is 5.32 Å². The third-order valence-corrected chi connectivity index (χ3v) is 5.39. The summed E-state index contributed by atoms with van der Waals surface area (Å²) in [6.07, 6.45) is 5.57. The Kier molecular flexibility index (Phi) is 5.07. The highest BCUT2D eigenvalue weighted by atomic mass is 16.1. The van der Waals surface area contributed by atoms with E-state index in [-0.39, 0.29) is 11.8 Å². The maximum atomic E-state index is 12.1. The molecule has 0 aliphatic rings. The van der Waals surface area contributed by atoms with Crippen molar-refractivity contribution in [3.8, 4) is 22.5 Å². The summed E-state index contributed by atoms with van der Waals surface area (Å²) < 4.78 is 0. The van der Waals surface area contributed by atoms with Crippen LogP contribution in [0.1, 0.15) is 20.3 Å². The Bertz CT molecular complexity index is 1540. The van der Waals surface area contributed by atoms with E-state index in [0.29, 0.717) is 23.4 Å². The minimum atomic E-state index is -0.0350. The first kappa shape index (κ1) is 20.4. The van der Waals surface area contributed by atoms with Crippen LogP contribution in [0.2, 0.25) is 0 Å². The first-order valence-corrected chi connectivity index (χ1v) is 10.6. The molecule has 4 aromatic heterocycles. The van der Waals surface area contributed by atoms with E-state index >= 15 is 0 Å². The highest BCUT2D eigenvalue weighted by Gasteiger charge is 2.14. The van der Waals surface area contributed by atoms with Crippen molar-refractivity contribution < 1.29 is 4.79 Å². The minimum absolute atomic E-state index is 0.0350. The average Bonchev–Trinajstić information content (AvgIpc) is 3.41. The van der Waals surface area contributed by atoms with Gasteiger partial charge in [0.05, 0.1) is 29.8 Å². The second kappa shape index (κ2) is 8.20. The summed E-state index contributed by atoms with van der Waals surface area (Å²) in [5.41, 5.74) is 6.04. The van der Waals surface area contributed by atoms with Crippen LogP contribution in [0, 0.1) is 12.5 Å². The van der Waals surface area contributed by atoms with Crippen LogP contribution in [0.25, 0.3) is 49.3 Å². The highest BCUT2D eigenvalue weighted by molar-refractivity contribution is 6.00. The molecule has 8 heteroatoms. The zero-order chi connectivity index (χ0) is 22.9. The average molecular weight is 435 g/mol. The second-order valence-corrected chi connectivity index (χ2v) is 8.34. The van der Waals surface area contributed by atoms with E-state index in [1.807, 2.05) is 44.2 Å². The van der Waals surface area contributed by atoms with Crippen molar-refractivity contribution in [2.24, 2.45) is 5.92 Å². The lowest BCUT2D eigenvalue weighted by atomic mass is 10.1. The van der Waals surface area contributed by atoms with Gasteiger partial charge in [0, 0.05) is 46.2 Å². The molecule has 0 unspecified atom stereocenters. The van der Waals surface area contributed by atoms with Crippen LogP contribution in [-0.4, -0.2) is 31.1 Å². The third kappa shape index (κ3) is 3.92. The van der Waals surface area contributed by atoms with Crippen LogP contribution in [0.5, 0.6) is 0 Å². The zero-order valence-corrected chi connectivity index (χ0v) is 18.2. The molecule has 8 nitrogen and oxygen atoms in total. The zero-order valence-electron chi connectivity index (χ0n) is 18.2. The lowest BCUT2D eigenvalue weighted by Crippen LogP contribution is -2.13. The van der Waals surface area contributed by atoms with Crippen molar-refractivity contribution >= 4 is 39.2 Å². The van der Waals surface area contributed by atoms with Gasteiger partial charge in [-0.3, -0.25) is 14.9 Å². The number of fused-ring (bicyclic) bond motifs is 2. The fraction of sp³-hybridized carbons (Fsp3) is 0.160. The molecule has 0 radical (unpaired) electrons. The largest absolute Gasteiger partial charge is 0.354 e. The molecule has 5 rings (SSSR count). The Hall–Kier alpha value is -4.51. The fourth-order valence-corrected chi connectivity index (χ4v) is 3.88. The van der Waals surface area contributed by atoms with Gasteiger partial charge in [-0.05, 0) is 30.2 Å². The Morgan fingerprint density at radius 2 is 1.97 bits per heavy atom. The van der Waals surface area contributed by atoms with Crippen molar-refractivity contribution in [3.05, 3.63) is 66.4 Å². The van der Waals surface area contributed by atoms with Gasteiger partial charge in [0.15, 0.2) is 11.3 Å². The van der Waals surface area contributed by atoms with Gasteiger partial charge in [0.25, 0.3) is 0 Å². The van der Waals surface area contributed by atoms with Gasteiger partial charge < -0.3 is 10.3 Å². The van der Waals surface area contributed by atoms with Gasteiger partial charge in [-0.2, -0.15) is 5.10 Å². The maximum absolute atomic E-state index is 12.1. The van der Waals surface area contributed by atoms with E-state index in [1.165, 1.54) is 0 Å². The number of benzene rings is 1. The van der Waals surface area contributed by atoms with E-state index in [9.17, 15) is 4.79 Å². The standard InChI is InChI=1S/C25H21N7O/c1-14(2)7-23(33)29-17-8-15(11-27-13-17)16-9-19-24(31-32-25(19)28-12-16)22-10-18-20(26-3)5-4-6-21(18)30-22/h4-6,8-14,30H,7H2,1-2H3,(H,29,33)(H,28,31,32). The molecular weight excluding hydrogens is 414 g/mol. The molecular formula is C25H21N7O. The predicted octanol–water partition coefficient (Wildman–Crippen LogP) is 5.70. The van der Waals surface area contributed by atoms with Gasteiger partial charge in [-0.1, -0.05) is 26.0 Å². The number of carbonyl (C=O) groups is 1. The smallest absolute Gasteiger partial charge is 0.224 e. The summed E-state index contributed by atoms with van der Waals surface area (Å²) >= 11 is 0. The number of rotatable bonds is 5. The summed E-state index contributed by atoms with van der Waals surface area (Å²) in [5, 5.41) is 12.0. The lowest BCUT2D eigenvalue weighted by molar-refractivity contribution is -0.116. The van der Waals surface area contributed by atoms with Gasteiger partial charge in [-0.15, -0.1) is 0 Å². The van der Waals surface area contributed by atoms with E-state index in [0.717, 1.165) is 38.8 Å². The number of carbonyl (C=O) groups excluding carboxylic acids is 1. The number of aromatic nitrogens is 5. The SMILES string of the molecule is [C-]#[N+]c1cccc2[nH]c(-c3[nH]nc4ncc(-c5cncc(NC(=O)CC(C)C)c5)cc34)cc12. The molecule has 1 amide bonds. The van der Waals surface area contributed by atoms with Crippen molar-refractivity contribution in [1.82, 2.24) is 25.1 Å². The number of hydrogen-bond donors (Lipinski definition) is 3. The van der Waals surface area contributed by atoms with Crippen molar-refractivity contribution in [1.29, 1.82) is 0 Å². The monoisotopic (exact) mass is 435 g/mol. The van der Waals surface area contributed by atoms with E-state index in [1.54, 1.807) is 24.7 Å². The molecule has 4 heterocycles. The van der Waals surface area contributed by atoms with Gasteiger partial charge >= 0.3 is 0 Å². The summed E-state index contributed by atoms with van der Waals surface area (Å²) in [5.74, 6) is 0.245. The Morgan fingerprint density at radius 3 is 2.79 bits per heavy atom. The number of nitrogens with one attached hydrogen (secondary N) is 3. The quantitative estimate of drug-likeness (QED) is 0.308. The number of H-pyrrole nitrogens is 2. The number of anilines is 1.